The second-order valence-electron chi connectivity index (χ2n) is 7.74. The Morgan fingerprint density at radius 3 is 2.24 bits per heavy atom. The first-order chi connectivity index (χ1) is 16.3. The molecule has 0 saturated carbocycles. The number of benzene rings is 3. The van der Waals surface area contributed by atoms with Crippen LogP contribution >= 0.6 is 55.1 Å². The van der Waals surface area contributed by atoms with E-state index in [0.29, 0.717) is 22.2 Å². The van der Waals surface area contributed by atoms with Crippen molar-refractivity contribution in [1.82, 2.24) is 5.01 Å². The van der Waals surface area contributed by atoms with Crippen LogP contribution in [0, 0.1) is 0 Å². The number of carbonyl (C=O) groups excluding carboxylic acids is 2. The summed E-state index contributed by atoms with van der Waals surface area (Å²) in [6.07, 6.45) is 0.604. The average molecular weight is 624 g/mol. The van der Waals surface area contributed by atoms with Gasteiger partial charge in [0, 0.05) is 33.2 Å². The third-order valence-corrected chi connectivity index (χ3v) is 6.97. The molecule has 1 aliphatic heterocycles. The van der Waals surface area contributed by atoms with Gasteiger partial charge in [-0.3, -0.25) is 9.59 Å². The topological polar surface area (TPSA) is 61.8 Å². The van der Waals surface area contributed by atoms with E-state index < -0.39 is 0 Å². The predicted octanol–water partition coefficient (Wildman–Crippen LogP) is 7.62. The van der Waals surface area contributed by atoms with Crippen molar-refractivity contribution < 1.29 is 9.59 Å². The van der Waals surface area contributed by atoms with Crippen LogP contribution in [0.3, 0.4) is 0 Å². The number of nitrogens with one attached hydrogen (secondary N) is 1. The van der Waals surface area contributed by atoms with E-state index in [0.717, 1.165) is 25.8 Å². The summed E-state index contributed by atoms with van der Waals surface area (Å²) in [6, 6.07) is 20.3. The number of hydrogen-bond donors (Lipinski definition) is 1. The van der Waals surface area contributed by atoms with Crippen molar-refractivity contribution in [2.24, 2.45) is 5.10 Å². The fourth-order valence-corrected chi connectivity index (χ4v) is 4.62. The van der Waals surface area contributed by atoms with Crippen molar-refractivity contribution in [2.45, 2.75) is 25.3 Å². The zero-order chi connectivity index (χ0) is 24.2. The highest BCUT2D eigenvalue weighted by atomic mass is 79.9. The largest absolute Gasteiger partial charge is 0.325 e. The first-order valence-corrected chi connectivity index (χ1v) is 12.8. The fraction of sp³-hybridized carbons (Fsp3) is 0.160. The predicted molar refractivity (Wildman–Crippen MR) is 143 cm³/mol. The smallest absolute Gasteiger partial charge is 0.243 e. The lowest BCUT2D eigenvalue weighted by Crippen LogP contribution is -2.28. The number of hydrogen-bond acceptors (Lipinski definition) is 3. The van der Waals surface area contributed by atoms with Gasteiger partial charge in [0.05, 0.1) is 22.5 Å². The molecule has 3 aromatic carbocycles. The maximum Gasteiger partial charge on any atom is 0.243 e. The second kappa shape index (κ2) is 11.0. The lowest BCUT2D eigenvalue weighted by Gasteiger charge is -2.22. The third-order valence-electron chi connectivity index (χ3n) is 5.37. The van der Waals surface area contributed by atoms with Crippen LogP contribution in [-0.2, 0) is 9.59 Å². The van der Waals surface area contributed by atoms with Crippen LogP contribution in [0.4, 0.5) is 5.69 Å². The van der Waals surface area contributed by atoms with Crippen LogP contribution in [0.5, 0.6) is 0 Å². The van der Waals surface area contributed by atoms with E-state index in [-0.39, 0.29) is 30.7 Å². The van der Waals surface area contributed by atoms with Gasteiger partial charge < -0.3 is 5.32 Å². The molecule has 0 fully saturated rings. The summed E-state index contributed by atoms with van der Waals surface area (Å²) >= 11 is 18.9. The quantitative estimate of drug-likeness (QED) is 0.307. The summed E-state index contributed by atoms with van der Waals surface area (Å²) in [5.41, 5.74) is 3.21. The van der Waals surface area contributed by atoms with Gasteiger partial charge in [-0.15, -0.1) is 0 Å². The molecule has 5 nitrogen and oxygen atoms in total. The van der Waals surface area contributed by atoms with Crippen molar-refractivity contribution in [3.63, 3.8) is 0 Å². The van der Waals surface area contributed by atoms with Crippen LogP contribution in [0.2, 0.25) is 10.0 Å². The molecule has 0 radical (unpaired) electrons. The monoisotopic (exact) mass is 621 g/mol. The number of amides is 2. The maximum atomic E-state index is 13.2. The van der Waals surface area contributed by atoms with Gasteiger partial charge in [-0.1, -0.05) is 79.3 Å². The molecule has 3 aromatic rings. The van der Waals surface area contributed by atoms with E-state index in [4.69, 9.17) is 23.2 Å². The summed E-state index contributed by atoms with van der Waals surface area (Å²) in [6.45, 7) is 0. The first kappa shape index (κ1) is 24.9. The molecule has 0 aromatic heterocycles. The molecular weight excluding hydrogens is 605 g/mol. The summed E-state index contributed by atoms with van der Waals surface area (Å²) in [5, 5.41) is 9.71. The molecule has 0 aliphatic carbocycles. The Morgan fingerprint density at radius 1 is 0.941 bits per heavy atom. The summed E-state index contributed by atoms with van der Waals surface area (Å²) < 4.78 is 1.93. The summed E-state index contributed by atoms with van der Waals surface area (Å²) in [7, 11) is 0. The molecule has 0 bridgehead atoms. The second-order valence-corrected chi connectivity index (χ2v) is 10.4. The van der Waals surface area contributed by atoms with E-state index in [1.54, 1.807) is 18.2 Å². The van der Waals surface area contributed by atoms with Crippen molar-refractivity contribution in [1.29, 1.82) is 0 Å². The Morgan fingerprint density at radius 2 is 1.59 bits per heavy atom. The molecule has 0 saturated heterocycles. The number of nitrogens with zero attached hydrogens (tertiary/aromatic N) is 2. The van der Waals surface area contributed by atoms with E-state index >= 15 is 0 Å². The molecule has 174 valence electrons. The third kappa shape index (κ3) is 6.08. The van der Waals surface area contributed by atoms with Crippen molar-refractivity contribution >= 4 is 78.3 Å². The standard InChI is InChI=1S/C25H19Br2Cl2N3O2/c26-17-5-1-15(2-6-17)22-14-23(16-3-7-18(27)8-4-16)32(31-22)25(34)12-11-24(33)30-21-10-9-19(28)13-20(21)29/h1-10,13,23H,11-12,14H2,(H,30,33). The zero-order valence-electron chi connectivity index (χ0n) is 17.8. The first-order valence-electron chi connectivity index (χ1n) is 10.5. The van der Waals surface area contributed by atoms with Gasteiger partial charge in [-0.2, -0.15) is 5.10 Å². The molecule has 1 unspecified atom stereocenters. The van der Waals surface area contributed by atoms with E-state index in [2.05, 4.69) is 42.3 Å². The molecule has 1 N–H and O–H groups in total. The molecule has 4 rings (SSSR count). The molecule has 2 amide bonds. The SMILES string of the molecule is O=C(CCC(=O)N1N=C(c2ccc(Br)cc2)CC1c1ccc(Br)cc1)Nc1ccc(Cl)cc1Cl. The number of anilines is 1. The summed E-state index contributed by atoms with van der Waals surface area (Å²) in [4.78, 5) is 25.6. The van der Waals surface area contributed by atoms with Crippen LogP contribution in [0.25, 0.3) is 0 Å². The Balaban J connectivity index is 1.49. The van der Waals surface area contributed by atoms with Gasteiger partial charge >= 0.3 is 0 Å². The molecule has 34 heavy (non-hydrogen) atoms. The minimum atomic E-state index is -0.311. The van der Waals surface area contributed by atoms with Crippen LogP contribution in [-0.4, -0.2) is 22.5 Å². The van der Waals surface area contributed by atoms with Crippen molar-refractivity contribution in [3.8, 4) is 0 Å². The Hall–Kier alpha value is -2.19. The Bertz CT molecular complexity index is 1250. The number of hydrazone groups is 1. The van der Waals surface area contributed by atoms with Gasteiger partial charge in [-0.25, -0.2) is 5.01 Å². The molecule has 0 spiro atoms. The molecule has 1 atom stereocenters. The lowest BCUT2D eigenvalue weighted by atomic mass is 9.98. The van der Waals surface area contributed by atoms with Crippen molar-refractivity contribution in [2.75, 3.05) is 5.32 Å². The molecule has 1 aliphatic rings. The fourth-order valence-electron chi connectivity index (χ4n) is 3.64. The molecule has 1 heterocycles. The maximum absolute atomic E-state index is 13.2. The highest BCUT2D eigenvalue weighted by Gasteiger charge is 2.33. The number of halogens is 4. The van der Waals surface area contributed by atoms with Gasteiger partial charge in [0.25, 0.3) is 0 Å². The number of carbonyl (C=O) groups is 2. The van der Waals surface area contributed by atoms with Gasteiger partial charge in [0.1, 0.15) is 0 Å². The summed E-state index contributed by atoms with van der Waals surface area (Å²) in [5.74, 6) is -0.536. The minimum Gasteiger partial charge on any atom is -0.325 e. The van der Waals surface area contributed by atoms with Gasteiger partial charge in [0.2, 0.25) is 11.8 Å². The van der Waals surface area contributed by atoms with E-state index in [1.165, 1.54) is 5.01 Å². The minimum absolute atomic E-state index is 0.00445. The number of rotatable bonds is 6. The van der Waals surface area contributed by atoms with E-state index in [1.807, 2.05) is 48.5 Å². The van der Waals surface area contributed by atoms with Crippen LogP contribution in [0.15, 0.2) is 80.8 Å². The van der Waals surface area contributed by atoms with Gasteiger partial charge in [-0.05, 0) is 53.6 Å². The Kier molecular flexibility index (Phi) is 8.09. The Labute approximate surface area is 224 Å². The zero-order valence-corrected chi connectivity index (χ0v) is 22.5. The average Bonchev–Trinajstić information content (AvgIpc) is 3.26. The highest BCUT2D eigenvalue weighted by molar-refractivity contribution is 9.10. The van der Waals surface area contributed by atoms with Crippen molar-refractivity contribution in [3.05, 3.63) is 96.8 Å². The van der Waals surface area contributed by atoms with Gasteiger partial charge in [0.15, 0.2) is 0 Å². The van der Waals surface area contributed by atoms with Crippen LogP contribution < -0.4 is 5.32 Å². The molecule has 9 heteroatoms. The van der Waals surface area contributed by atoms with Crippen LogP contribution in [0.1, 0.15) is 36.4 Å². The highest BCUT2D eigenvalue weighted by Crippen LogP contribution is 2.34. The van der Waals surface area contributed by atoms with E-state index in [9.17, 15) is 9.59 Å². The molecular formula is C25H19Br2Cl2N3O2. The lowest BCUT2D eigenvalue weighted by molar-refractivity contribution is -0.134. The normalized spacial score (nSPS) is 15.2.